The molecule has 0 aromatic carbocycles. The van der Waals surface area contributed by atoms with Crippen molar-refractivity contribution in [1.29, 1.82) is 0 Å². The van der Waals surface area contributed by atoms with Crippen molar-refractivity contribution in [1.82, 2.24) is 10.2 Å². The minimum Gasteiger partial charge on any atom is -0.348 e. The first-order valence-corrected chi connectivity index (χ1v) is 7.85. The number of carbonyl (C=O) groups is 3. The number of aryl methyl sites for hydroxylation is 2. The highest BCUT2D eigenvalue weighted by Gasteiger charge is 2.36. The molecule has 2 heterocycles. The molecule has 0 radical (unpaired) electrons. The van der Waals surface area contributed by atoms with Crippen LogP contribution in [0.1, 0.15) is 48.0 Å². The quantitative estimate of drug-likeness (QED) is 0.866. The van der Waals surface area contributed by atoms with Gasteiger partial charge in [0.25, 0.3) is 0 Å². The van der Waals surface area contributed by atoms with Gasteiger partial charge in [0.2, 0.25) is 17.7 Å². The zero-order chi connectivity index (χ0) is 15.7. The molecule has 0 spiro atoms. The molecule has 1 aromatic rings. The maximum atomic E-state index is 12.3. The molecule has 0 bridgehead atoms. The van der Waals surface area contributed by atoms with E-state index in [2.05, 4.69) is 11.4 Å². The largest absolute Gasteiger partial charge is 0.348 e. The number of likely N-dealkylation sites (tertiary alicyclic amines) is 1. The fraction of sp³-hybridized carbons (Fsp3) is 0.533. The Morgan fingerprint density at radius 2 is 1.81 bits per heavy atom. The molecule has 0 aliphatic carbocycles. The molecular weight excluding hydrogens is 288 g/mol. The van der Waals surface area contributed by atoms with Crippen molar-refractivity contribution in [3.63, 3.8) is 0 Å². The number of amides is 3. The molecule has 1 fully saturated rings. The average molecular weight is 308 g/mol. The van der Waals surface area contributed by atoms with Crippen LogP contribution in [-0.4, -0.2) is 28.7 Å². The Kier molecular flexibility index (Phi) is 4.46. The second-order valence-electron chi connectivity index (χ2n) is 5.43. The summed E-state index contributed by atoms with van der Waals surface area (Å²) in [4.78, 5) is 39.1. The van der Waals surface area contributed by atoms with Crippen molar-refractivity contribution in [2.24, 2.45) is 0 Å². The Hall–Kier alpha value is -1.69. The first-order valence-electron chi connectivity index (χ1n) is 7.03. The summed E-state index contributed by atoms with van der Waals surface area (Å²) in [6.45, 7) is 7.55. The van der Waals surface area contributed by atoms with Gasteiger partial charge < -0.3 is 5.32 Å². The van der Waals surface area contributed by atoms with E-state index in [-0.39, 0.29) is 36.6 Å². The summed E-state index contributed by atoms with van der Waals surface area (Å²) in [6, 6.07) is 1.16. The predicted molar refractivity (Wildman–Crippen MR) is 80.9 cm³/mol. The fourth-order valence-electron chi connectivity index (χ4n) is 2.64. The van der Waals surface area contributed by atoms with Crippen LogP contribution in [0.2, 0.25) is 0 Å². The standard InChI is InChI=1S/C15H20N2O3S/c1-8-7-12(11(4)21-8)9(2)16-15(20)10(3)17-13(18)5-6-14(17)19/h7,9-10H,5-6H2,1-4H3,(H,16,20)/t9-,10-/m0/s1. The van der Waals surface area contributed by atoms with Crippen LogP contribution in [0.15, 0.2) is 6.07 Å². The number of hydrogen-bond donors (Lipinski definition) is 1. The van der Waals surface area contributed by atoms with Gasteiger partial charge in [-0.1, -0.05) is 0 Å². The van der Waals surface area contributed by atoms with Crippen molar-refractivity contribution in [2.45, 2.75) is 52.6 Å². The van der Waals surface area contributed by atoms with Gasteiger partial charge in [0.1, 0.15) is 6.04 Å². The minimum atomic E-state index is -0.755. The van der Waals surface area contributed by atoms with E-state index >= 15 is 0 Å². The van der Waals surface area contributed by atoms with Crippen molar-refractivity contribution >= 4 is 29.1 Å². The lowest BCUT2D eigenvalue weighted by Gasteiger charge is -2.24. The van der Waals surface area contributed by atoms with E-state index in [4.69, 9.17) is 0 Å². The Morgan fingerprint density at radius 3 is 2.29 bits per heavy atom. The molecule has 114 valence electrons. The number of rotatable bonds is 4. The van der Waals surface area contributed by atoms with Crippen LogP contribution in [-0.2, 0) is 14.4 Å². The fourth-order valence-corrected chi connectivity index (χ4v) is 3.66. The molecule has 1 aliphatic rings. The summed E-state index contributed by atoms with van der Waals surface area (Å²) in [6.07, 6.45) is 0.406. The summed E-state index contributed by atoms with van der Waals surface area (Å²) in [5, 5.41) is 2.89. The molecule has 5 nitrogen and oxygen atoms in total. The molecule has 3 amide bonds. The Bertz CT molecular complexity index is 578. The number of thiophene rings is 1. The molecule has 6 heteroatoms. The summed E-state index contributed by atoms with van der Waals surface area (Å²) in [5.74, 6) is -0.829. The molecule has 0 saturated carbocycles. The van der Waals surface area contributed by atoms with Crippen LogP contribution in [0, 0.1) is 13.8 Å². The van der Waals surface area contributed by atoms with Gasteiger partial charge in [0, 0.05) is 22.6 Å². The molecule has 2 rings (SSSR count). The SMILES string of the molecule is Cc1cc([C@H](C)NC(=O)[C@H](C)N2C(=O)CCC2=O)c(C)s1. The first-order chi connectivity index (χ1) is 9.81. The van der Waals surface area contributed by atoms with Gasteiger partial charge in [0.05, 0.1) is 6.04 Å². The van der Waals surface area contributed by atoms with Crippen LogP contribution in [0.3, 0.4) is 0 Å². The van der Waals surface area contributed by atoms with Gasteiger partial charge in [-0.25, -0.2) is 0 Å². The Balaban J connectivity index is 2.05. The molecule has 1 aliphatic heterocycles. The zero-order valence-electron chi connectivity index (χ0n) is 12.7. The molecule has 1 saturated heterocycles. The third-order valence-corrected chi connectivity index (χ3v) is 4.74. The number of nitrogens with zero attached hydrogens (tertiary/aromatic N) is 1. The van der Waals surface area contributed by atoms with E-state index < -0.39 is 6.04 Å². The van der Waals surface area contributed by atoms with Crippen LogP contribution in [0.4, 0.5) is 0 Å². The highest BCUT2D eigenvalue weighted by atomic mass is 32.1. The average Bonchev–Trinajstić information content (AvgIpc) is 2.91. The second kappa shape index (κ2) is 5.97. The van der Waals surface area contributed by atoms with Gasteiger partial charge in [-0.15, -0.1) is 11.3 Å². The van der Waals surface area contributed by atoms with Gasteiger partial charge in [-0.3, -0.25) is 19.3 Å². The topological polar surface area (TPSA) is 66.5 Å². The number of hydrogen-bond acceptors (Lipinski definition) is 4. The van der Waals surface area contributed by atoms with E-state index in [1.54, 1.807) is 18.3 Å². The second-order valence-corrected chi connectivity index (χ2v) is 6.89. The monoisotopic (exact) mass is 308 g/mol. The summed E-state index contributed by atoms with van der Waals surface area (Å²) >= 11 is 1.69. The van der Waals surface area contributed by atoms with Gasteiger partial charge >= 0.3 is 0 Å². The lowest BCUT2D eigenvalue weighted by atomic mass is 10.1. The third-order valence-electron chi connectivity index (χ3n) is 3.76. The van der Waals surface area contributed by atoms with Crippen LogP contribution in [0.5, 0.6) is 0 Å². The van der Waals surface area contributed by atoms with Gasteiger partial charge in [0.15, 0.2) is 0 Å². The smallest absolute Gasteiger partial charge is 0.243 e. The molecule has 2 atom stereocenters. The molecule has 0 unspecified atom stereocenters. The van der Waals surface area contributed by atoms with Crippen LogP contribution in [0.25, 0.3) is 0 Å². The van der Waals surface area contributed by atoms with E-state index in [1.807, 2.05) is 20.8 Å². The van der Waals surface area contributed by atoms with Crippen LogP contribution >= 0.6 is 11.3 Å². The first kappa shape index (κ1) is 15.7. The van der Waals surface area contributed by atoms with E-state index in [9.17, 15) is 14.4 Å². The van der Waals surface area contributed by atoms with E-state index in [0.29, 0.717) is 0 Å². The zero-order valence-corrected chi connectivity index (χ0v) is 13.5. The third kappa shape index (κ3) is 3.15. The van der Waals surface area contributed by atoms with Crippen molar-refractivity contribution in [3.05, 3.63) is 21.4 Å². The molecule has 1 N–H and O–H groups in total. The normalized spacial score (nSPS) is 18.0. The Morgan fingerprint density at radius 1 is 1.24 bits per heavy atom. The maximum absolute atomic E-state index is 12.3. The van der Waals surface area contributed by atoms with Gasteiger partial charge in [-0.2, -0.15) is 0 Å². The number of nitrogens with one attached hydrogen (secondary N) is 1. The number of imide groups is 1. The van der Waals surface area contributed by atoms with Crippen LogP contribution < -0.4 is 5.32 Å². The lowest BCUT2D eigenvalue weighted by Crippen LogP contribution is -2.48. The lowest BCUT2D eigenvalue weighted by molar-refractivity contribution is -0.146. The molecular formula is C15H20N2O3S. The maximum Gasteiger partial charge on any atom is 0.243 e. The molecule has 21 heavy (non-hydrogen) atoms. The Labute approximate surface area is 128 Å². The van der Waals surface area contributed by atoms with Crippen molar-refractivity contribution < 1.29 is 14.4 Å². The number of carbonyl (C=O) groups excluding carboxylic acids is 3. The highest BCUT2D eigenvalue weighted by molar-refractivity contribution is 7.12. The highest BCUT2D eigenvalue weighted by Crippen LogP contribution is 2.26. The summed E-state index contributed by atoms with van der Waals surface area (Å²) in [5.41, 5.74) is 1.08. The predicted octanol–water partition coefficient (Wildman–Crippen LogP) is 2.08. The van der Waals surface area contributed by atoms with Crippen molar-refractivity contribution in [3.8, 4) is 0 Å². The minimum absolute atomic E-state index is 0.141. The molecule has 1 aromatic heterocycles. The summed E-state index contributed by atoms with van der Waals surface area (Å²) in [7, 11) is 0. The van der Waals surface area contributed by atoms with Crippen molar-refractivity contribution in [2.75, 3.05) is 0 Å². The summed E-state index contributed by atoms with van der Waals surface area (Å²) < 4.78 is 0. The van der Waals surface area contributed by atoms with Gasteiger partial charge in [-0.05, 0) is 39.3 Å². The van der Waals surface area contributed by atoms with E-state index in [0.717, 1.165) is 10.5 Å². The van der Waals surface area contributed by atoms with E-state index in [1.165, 1.54) is 9.75 Å².